The molecule has 3 atom stereocenters. The van der Waals surface area contributed by atoms with E-state index in [2.05, 4.69) is 16.3 Å². The highest BCUT2D eigenvalue weighted by molar-refractivity contribution is 5.95. The van der Waals surface area contributed by atoms with Crippen LogP contribution in [0.25, 0.3) is 0 Å². The van der Waals surface area contributed by atoms with Gasteiger partial charge in [-0.15, -0.1) is 0 Å². The molecule has 2 fully saturated rings. The molecular formula is C27H31F3N4O2. The molecule has 5 rings (SSSR count). The molecule has 3 aliphatic heterocycles. The minimum Gasteiger partial charge on any atom is -0.353 e. The van der Waals surface area contributed by atoms with Gasteiger partial charge in [-0.3, -0.25) is 19.4 Å². The maximum atomic E-state index is 13.1. The van der Waals surface area contributed by atoms with E-state index in [1.165, 1.54) is 17.7 Å². The van der Waals surface area contributed by atoms with Crippen molar-refractivity contribution >= 4 is 17.5 Å². The normalized spacial score (nSPS) is 24.8. The second-order valence-corrected chi connectivity index (χ2v) is 9.99. The van der Waals surface area contributed by atoms with Gasteiger partial charge >= 0.3 is 6.18 Å². The molecular weight excluding hydrogens is 469 g/mol. The van der Waals surface area contributed by atoms with Gasteiger partial charge in [0.15, 0.2) is 0 Å². The Morgan fingerprint density at radius 1 is 1.08 bits per heavy atom. The SMILES string of the molecule is CN1C(CCC(=O)N2CCc3ccccc32)CNC(=O)C2C1CCN2Cc1ccc(C(F)(F)F)cc1. The molecule has 9 heteroatoms. The van der Waals surface area contributed by atoms with E-state index in [9.17, 15) is 22.8 Å². The first-order valence-corrected chi connectivity index (χ1v) is 12.5. The van der Waals surface area contributed by atoms with Crippen molar-refractivity contribution in [2.45, 2.75) is 56.5 Å². The summed E-state index contributed by atoms with van der Waals surface area (Å²) in [5.41, 5.74) is 2.27. The van der Waals surface area contributed by atoms with E-state index in [-0.39, 0.29) is 29.9 Å². The third-order valence-electron chi connectivity index (χ3n) is 7.90. The highest BCUT2D eigenvalue weighted by atomic mass is 19.4. The number of alkyl halides is 3. The average molecular weight is 501 g/mol. The first-order chi connectivity index (χ1) is 17.2. The van der Waals surface area contributed by atoms with Crippen LogP contribution in [0, 0.1) is 0 Å². The lowest BCUT2D eigenvalue weighted by Crippen LogP contribution is -2.49. The minimum absolute atomic E-state index is 0.00503. The number of likely N-dealkylation sites (tertiary alicyclic amines) is 1. The van der Waals surface area contributed by atoms with E-state index in [0.29, 0.717) is 39.0 Å². The number of anilines is 1. The fourth-order valence-corrected chi connectivity index (χ4v) is 5.88. The van der Waals surface area contributed by atoms with E-state index < -0.39 is 11.7 Å². The molecule has 1 N–H and O–H groups in total. The van der Waals surface area contributed by atoms with Crippen LogP contribution >= 0.6 is 0 Å². The molecule has 36 heavy (non-hydrogen) atoms. The Balaban J connectivity index is 1.21. The molecule has 2 saturated heterocycles. The maximum Gasteiger partial charge on any atom is 0.416 e. The number of carbonyl (C=O) groups excluding carboxylic acids is 2. The van der Waals surface area contributed by atoms with E-state index in [1.54, 1.807) is 0 Å². The van der Waals surface area contributed by atoms with E-state index in [4.69, 9.17) is 0 Å². The standard InChI is InChI=1S/C27H31F3N4O2/c1-32-21(10-11-24(35)34-15-12-19-4-2-3-5-22(19)34)16-31-26(36)25-23(32)13-14-33(25)17-18-6-8-20(9-7-18)27(28,29)30/h2-9,21,23,25H,10-17H2,1H3,(H,31,36). The summed E-state index contributed by atoms with van der Waals surface area (Å²) in [5.74, 6) is 0.0504. The van der Waals surface area contributed by atoms with E-state index in [0.717, 1.165) is 36.2 Å². The van der Waals surface area contributed by atoms with Crippen molar-refractivity contribution in [3.8, 4) is 0 Å². The number of rotatable bonds is 5. The molecule has 2 aromatic carbocycles. The minimum atomic E-state index is -4.37. The number of hydrogen-bond donors (Lipinski definition) is 1. The van der Waals surface area contributed by atoms with Crippen LogP contribution in [0.2, 0.25) is 0 Å². The van der Waals surface area contributed by atoms with Crippen molar-refractivity contribution in [2.24, 2.45) is 0 Å². The molecule has 0 radical (unpaired) electrons. The van der Waals surface area contributed by atoms with Crippen molar-refractivity contribution < 1.29 is 22.8 Å². The Bertz CT molecular complexity index is 1120. The number of fused-ring (bicyclic) bond motifs is 2. The Hall–Kier alpha value is -2.91. The van der Waals surface area contributed by atoms with Gasteiger partial charge in [-0.25, -0.2) is 0 Å². The average Bonchev–Trinajstić information content (AvgIpc) is 3.45. The maximum absolute atomic E-state index is 13.1. The second kappa shape index (κ2) is 9.86. The number of amides is 2. The first kappa shape index (κ1) is 24.8. The Kier molecular flexibility index (Phi) is 6.78. The monoisotopic (exact) mass is 500 g/mol. The van der Waals surface area contributed by atoms with Crippen molar-refractivity contribution in [1.29, 1.82) is 0 Å². The Morgan fingerprint density at radius 2 is 1.83 bits per heavy atom. The van der Waals surface area contributed by atoms with Gasteiger partial charge < -0.3 is 10.2 Å². The third kappa shape index (κ3) is 4.86. The lowest BCUT2D eigenvalue weighted by atomic mass is 10.0. The number of nitrogens with zero attached hydrogens (tertiary/aromatic N) is 3. The molecule has 3 heterocycles. The quantitative estimate of drug-likeness (QED) is 0.684. The van der Waals surface area contributed by atoms with Crippen molar-refractivity contribution in [3.05, 3.63) is 65.2 Å². The van der Waals surface area contributed by atoms with Crippen LogP contribution in [0.3, 0.4) is 0 Å². The summed E-state index contributed by atoms with van der Waals surface area (Å²) in [5, 5.41) is 3.05. The molecule has 192 valence electrons. The number of nitrogens with one attached hydrogen (secondary N) is 1. The summed E-state index contributed by atoms with van der Waals surface area (Å²) in [6.07, 6.45) is -1.64. The molecule has 2 amide bonds. The summed E-state index contributed by atoms with van der Waals surface area (Å²) in [4.78, 5) is 32.2. The fourth-order valence-electron chi connectivity index (χ4n) is 5.88. The van der Waals surface area contributed by atoms with Crippen molar-refractivity contribution in [3.63, 3.8) is 0 Å². The zero-order valence-electron chi connectivity index (χ0n) is 20.3. The predicted octanol–water partition coefficient (Wildman–Crippen LogP) is 3.45. The molecule has 3 aliphatic rings. The van der Waals surface area contributed by atoms with Gasteiger partial charge in [-0.05, 0) is 55.6 Å². The van der Waals surface area contributed by atoms with Crippen molar-refractivity contribution in [2.75, 3.05) is 31.6 Å². The van der Waals surface area contributed by atoms with Gasteiger partial charge in [0.05, 0.1) is 5.56 Å². The molecule has 0 spiro atoms. The Morgan fingerprint density at radius 3 is 2.58 bits per heavy atom. The molecule has 0 aromatic heterocycles. The highest BCUT2D eigenvalue weighted by Crippen LogP contribution is 2.32. The number of carbonyl (C=O) groups is 2. The fraction of sp³-hybridized carbons (Fsp3) is 0.481. The van der Waals surface area contributed by atoms with Crippen LogP contribution in [-0.2, 0) is 28.7 Å². The van der Waals surface area contributed by atoms with E-state index in [1.807, 2.05) is 35.0 Å². The van der Waals surface area contributed by atoms with Gasteiger partial charge in [-0.2, -0.15) is 13.2 Å². The topological polar surface area (TPSA) is 55.9 Å². The number of likely N-dealkylation sites (N-methyl/N-ethyl adjacent to an activating group) is 1. The third-order valence-corrected chi connectivity index (χ3v) is 7.90. The van der Waals surface area contributed by atoms with Crippen LogP contribution in [-0.4, -0.2) is 66.4 Å². The molecule has 3 unspecified atom stereocenters. The number of benzene rings is 2. The second-order valence-electron chi connectivity index (χ2n) is 9.99. The molecule has 0 bridgehead atoms. The van der Waals surface area contributed by atoms with Crippen molar-refractivity contribution in [1.82, 2.24) is 15.1 Å². The zero-order valence-corrected chi connectivity index (χ0v) is 20.3. The summed E-state index contributed by atoms with van der Waals surface area (Å²) < 4.78 is 38.7. The summed E-state index contributed by atoms with van der Waals surface area (Å²) in [6.45, 7) is 2.28. The Labute approximate surface area is 209 Å². The largest absolute Gasteiger partial charge is 0.416 e. The van der Waals surface area contributed by atoms with Crippen LogP contribution in [0.15, 0.2) is 48.5 Å². The molecule has 6 nitrogen and oxygen atoms in total. The number of hydrogen-bond acceptors (Lipinski definition) is 4. The van der Waals surface area contributed by atoms with Gasteiger partial charge in [0.1, 0.15) is 6.04 Å². The molecule has 0 saturated carbocycles. The van der Waals surface area contributed by atoms with Gasteiger partial charge in [0, 0.05) is 50.4 Å². The smallest absolute Gasteiger partial charge is 0.353 e. The molecule has 2 aromatic rings. The van der Waals surface area contributed by atoms with Gasteiger partial charge in [-0.1, -0.05) is 30.3 Å². The van der Waals surface area contributed by atoms with Crippen LogP contribution in [0.5, 0.6) is 0 Å². The summed E-state index contributed by atoms with van der Waals surface area (Å²) in [6, 6.07) is 12.8. The summed E-state index contributed by atoms with van der Waals surface area (Å²) in [7, 11) is 2.01. The van der Waals surface area contributed by atoms with Gasteiger partial charge in [0.25, 0.3) is 0 Å². The lowest BCUT2D eigenvalue weighted by molar-refractivity contribution is -0.137. The molecule has 0 aliphatic carbocycles. The van der Waals surface area contributed by atoms with Crippen LogP contribution < -0.4 is 10.2 Å². The lowest BCUT2D eigenvalue weighted by Gasteiger charge is -2.33. The van der Waals surface area contributed by atoms with Crippen LogP contribution in [0.1, 0.15) is 36.0 Å². The first-order valence-electron chi connectivity index (χ1n) is 12.5. The van der Waals surface area contributed by atoms with Crippen LogP contribution in [0.4, 0.5) is 18.9 Å². The number of para-hydroxylation sites is 1. The zero-order chi connectivity index (χ0) is 25.4. The van der Waals surface area contributed by atoms with Gasteiger partial charge in [0.2, 0.25) is 11.8 Å². The predicted molar refractivity (Wildman–Crippen MR) is 130 cm³/mol. The summed E-state index contributed by atoms with van der Waals surface area (Å²) >= 11 is 0. The number of halogens is 3. The van der Waals surface area contributed by atoms with E-state index >= 15 is 0 Å². The highest BCUT2D eigenvalue weighted by Gasteiger charge is 2.45.